The third-order valence-corrected chi connectivity index (χ3v) is 7.66. The van der Waals surface area contributed by atoms with Crippen molar-refractivity contribution in [3.8, 4) is 0 Å². The molecule has 7 nitrogen and oxygen atoms in total. The van der Waals surface area contributed by atoms with Crippen molar-refractivity contribution in [2.45, 2.75) is 69.5 Å². The number of epoxide rings is 2. The number of carbonyl (C=O) groups excluding carboxylic acids is 1. The van der Waals surface area contributed by atoms with Crippen LogP contribution in [0.1, 0.15) is 45.6 Å². The van der Waals surface area contributed by atoms with E-state index < -0.39 is 5.97 Å². The van der Waals surface area contributed by atoms with Crippen molar-refractivity contribution < 1.29 is 28.8 Å². The van der Waals surface area contributed by atoms with Crippen molar-refractivity contribution in [2.24, 2.45) is 5.92 Å². The van der Waals surface area contributed by atoms with Crippen LogP contribution >= 0.6 is 11.6 Å². The van der Waals surface area contributed by atoms with E-state index >= 15 is 0 Å². The topological polar surface area (TPSA) is 92.9 Å². The number of aliphatic hydroxyl groups excluding tert-OH is 1. The highest BCUT2D eigenvalue weighted by Gasteiger charge is 2.72. The maximum atomic E-state index is 12.8. The van der Waals surface area contributed by atoms with Gasteiger partial charge in [-0.05, 0) is 63.8 Å². The number of methoxy groups -OCH3 is 1. The predicted octanol–water partition coefficient (Wildman–Crippen LogP) is 4.38. The smallest absolute Gasteiger partial charge is 0.331 e. The summed E-state index contributed by atoms with van der Waals surface area (Å²) in [7, 11) is 1.67. The molecule has 1 aromatic carbocycles. The van der Waals surface area contributed by atoms with Crippen LogP contribution in [0, 0.1) is 5.92 Å². The van der Waals surface area contributed by atoms with Gasteiger partial charge >= 0.3 is 5.97 Å². The Morgan fingerprint density at radius 2 is 2.14 bits per heavy atom. The van der Waals surface area contributed by atoms with Crippen LogP contribution in [0.5, 0.6) is 0 Å². The molecule has 2 saturated heterocycles. The highest BCUT2D eigenvalue weighted by Crippen LogP contribution is 2.59. The minimum atomic E-state index is -0.425. The lowest BCUT2D eigenvalue weighted by Crippen LogP contribution is -2.55. The molecule has 0 aromatic heterocycles. The van der Waals surface area contributed by atoms with Gasteiger partial charge in [-0.25, -0.2) is 4.79 Å². The Morgan fingerprint density at radius 3 is 2.80 bits per heavy atom. The number of allylic oxidation sites excluding steroid dienone is 1. The monoisotopic (exact) mass is 505 g/mol. The maximum absolute atomic E-state index is 12.8. The number of aliphatic hydroxyl groups is 1. The Balaban J connectivity index is 1.43. The minimum Gasteiger partial charge on any atom is -0.456 e. The van der Waals surface area contributed by atoms with Gasteiger partial charge in [0.15, 0.2) is 0 Å². The number of halogens is 1. The number of nitrogens with one attached hydrogen (secondary N) is 1. The number of ether oxygens (including phenoxy) is 4. The molecular weight excluding hydrogens is 470 g/mol. The van der Waals surface area contributed by atoms with Gasteiger partial charge in [0.1, 0.15) is 23.4 Å². The van der Waals surface area contributed by atoms with Crippen molar-refractivity contribution >= 4 is 29.3 Å². The van der Waals surface area contributed by atoms with E-state index in [-0.39, 0.29) is 42.0 Å². The van der Waals surface area contributed by atoms with E-state index in [0.29, 0.717) is 30.3 Å². The van der Waals surface area contributed by atoms with Crippen molar-refractivity contribution in [3.63, 3.8) is 0 Å². The van der Waals surface area contributed by atoms with E-state index in [0.717, 1.165) is 18.4 Å². The van der Waals surface area contributed by atoms with Gasteiger partial charge in [0.05, 0.1) is 35.9 Å². The van der Waals surface area contributed by atoms with E-state index in [4.69, 9.17) is 35.7 Å². The first-order valence-corrected chi connectivity index (χ1v) is 12.6. The summed E-state index contributed by atoms with van der Waals surface area (Å²) in [6, 6.07) is 5.38. The van der Waals surface area contributed by atoms with E-state index in [9.17, 15) is 4.79 Å². The van der Waals surface area contributed by atoms with Gasteiger partial charge in [0, 0.05) is 19.7 Å². The Kier molecular flexibility index (Phi) is 7.93. The Morgan fingerprint density at radius 1 is 1.37 bits per heavy atom. The molecule has 0 unspecified atom stereocenters. The van der Waals surface area contributed by atoms with Crippen LogP contribution in [0.2, 0.25) is 5.02 Å². The lowest BCUT2D eigenvalue weighted by Gasteiger charge is -2.42. The molecule has 0 radical (unpaired) electrons. The van der Waals surface area contributed by atoms with Crippen molar-refractivity contribution in [1.29, 1.82) is 0 Å². The molecule has 0 bridgehead atoms. The highest BCUT2D eigenvalue weighted by molar-refractivity contribution is 6.33. The SMILES string of the molecule is CO[C@@H]1[C@H](OC(=O)/C=C/c2ccc(Cl)c(NCCO)c2)CC[C@]2(CO2)[C@H]1[C@]1(C)O[C@H]1CC=C(C)C. The summed E-state index contributed by atoms with van der Waals surface area (Å²) in [4.78, 5) is 12.8. The zero-order valence-electron chi connectivity index (χ0n) is 20.9. The average molecular weight is 506 g/mol. The number of hydrogen-bond acceptors (Lipinski definition) is 7. The van der Waals surface area contributed by atoms with Crippen LogP contribution in [0.4, 0.5) is 5.69 Å². The molecule has 1 aromatic rings. The van der Waals surface area contributed by atoms with E-state index in [1.54, 1.807) is 19.3 Å². The quantitative estimate of drug-likeness (QED) is 0.211. The van der Waals surface area contributed by atoms with Gasteiger partial charge < -0.3 is 29.4 Å². The molecule has 0 amide bonds. The lowest BCUT2D eigenvalue weighted by molar-refractivity contribution is -0.166. The molecule has 2 N–H and O–H groups in total. The molecule has 1 aliphatic carbocycles. The van der Waals surface area contributed by atoms with Crippen molar-refractivity contribution in [2.75, 3.05) is 32.2 Å². The summed E-state index contributed by atoms with van der Waals surface area (Å²) in [5.41, 5.74) is 2.13. The van der Waals surface area contributed by atoms with Crippen LogP contribution in [-0.4, -0.2) is 67.5 Å². The molecule has 8 heteroatoms. The summed E-state index contributed by atoms with van der Waals surface area (Å²) in [6.45, 7) is 7.38. The van der Waals surface area contributed by atoms with Crippen LogP contribution in [-0.2, 0) is 23.7 Å². The molecule has 4 rings (SSSR count). The molecular formula is C27H36ClNO6. The number of anilines is 1. The fraction of sp³-hybridized carbons (Fsp3) is 0.593. The van der Waals surface area contributed by atoms with E-state index in [1.807, 2.05) is 12.1 Å². The third kappa shape index (κ3) is 5.75. The normalized spacial score (nSPS) is 33.5. The summed E-state index contributed by atoms with van der Waals surface area (Å²) < 4.78 is 24.0. The fourth-order valence-corrected chi connectivity index (χ4v) is 5.58. The number of carbonyl (C=O) groups is 1. The van der Waals surface area contributed by atoms with Gasteiger partial charge in [-0.2, -0.15) is 0 Å². The second-order valence-electron chi connectivity index (χ2n) is 10.1. The zero-order valence-corrected chi connectivity index (χ0v) is 21.6. The van der Waals surface area contributed by atoms with E-state index in [1.165, 1.54) is 11.6 Å². The van der Waals surface area contributed by atoms with Crippen LogP contribution in [0.3, 0.4) is 0 Å². The lowest BCUT2D eigenvalue weighted by atomic mass is 9.68. The Bertz CT molecular complexity index is 986. The number of esters is 1. The van der Waals surface area contributed by atoms with Crippen LogP contribution < -0.4 is 5.32 Å². The number of rotatable bonds is 10. The van der Waals surface area contributed by atoms with Gasteiger partial charge in [-0.3, -0.25) is 0 Å². The first-order valence-electron chi connectivity index (χ1n) is 12.2. The molecule has 1 saturated carbocycles. The highest BCUT2D eigenvalue weighted by atomic mass is 35.5. The van der Waals surface area contributed by atoms with E-state index in [2.05, 4.69) is 32.2 Å². The minimum absolute atomic E-state index is 0.00211. The summed E-state index contributed by atoms with van der Waals surface area (Å²) in [5.74, 6) is -0.436. The molecule has 1 spiro atoms. The molecule has 3 fully saturated rings. The molecule has 2 heterocycles. The fourth-order valence-electron chi connectivity index (χ4n) is 5.40. The molecule has 6 atom stereocenters. The molecule has 3 aliphatic rings. The average Bonchev–Trinajstić information content (AvgIpc) is 3.74. The Hall–Kier alpha value is -1.90. The van der Waals surface area contributed by atoms with Gasteiger partial charge in [-0.1, -0.05) is 29.3 Å². The first-order chi connectivity index (χ1) is 16.7. The van der Waals surface area contributed by atoms with Crippen molar-refractivity contribution in [1.82, 2.24) is 0 Å². The summed E-state index contributed by atoms with van der Waals surface area (Å²) >= 11 is 6.19. The second-order valence-corrected chi connectivity index (χ2v) is 10.5. The molecule has 192 valence electrons. The second kappa shape index (κ2) is 10.6. The van der Waals surface area contributed by atoms with Crippen molar-refractivity contribution in [3.05, 3.63) is 46.5 Å². The van der Waals surface area contributed by atoms with Gasteiger partial charge in [-0.15, -0.1) is 0 Å². The van der Waals surface area contributed by atoms with Crippen LogP contribution in [0.15, 0.2) is 35.9 Å². The largest absolute Gasteiger partial charge is 0.456 e. The summed E-state index contributed by atoms with van der Waals surface area (Å²) in [6.07, 6.45) is 7.07. The molecule has 2 aliphatic heterocycles. The zero-order chi connectivity index (χ0) is 25.2. The number of hydrogen-bond donors (Lipinski definition) is 2. The van der Waals surface area contributed by atoms with Gasteiger partial charge in [0.25, 0.3) is 0 Å². The predicted molar refractivity (Wildman–Crippen MR) is 135 cm³/mol. The van der Waals surface area contributed by atoms with Gasteiger partial charge in [0.2, 0.25) is 0 Å². The first kappa shape index (κ1) is 26.2. The maximum Gasteiger partial charge on any atom is 0.331 e. The Labute approximate surface area is 212 Å². The standard InChI is InChI=1S/C27H36ClNO6/c1-17(2)5-9-22-26(3,35-22)25-24(32-4)21(11-12-27(25)16-33-27)34-23(31)10-7-18-6-8-19(28)20(15-18)29-13-14-30/h5-8,10,15,21-22,24-25,29-30H,9,11-14,16H2,1-4H3/b10-7+/t21-,22+,24-,25-,26-,27+/m1/s1. The molecule has 35 heavy (non-hydrogen) atoms. The third-order valence-electron chi connectivity index (χ3n) is 7.33. The van der Waals surface area contributed by atoms with Crippen LogP contribution in [0.25, 0.3) is 6.08 Å². The number of benzene rings is 1. The summed E-state index contributed by atoms with van der Waals surface area (Å²) in [5, 5.41) is 12.6.